The van der Waals surface area contributed by atoms with E-state index in [0.29, 0.717) is 27.8 Å². The summed E-state index contributed by atoms with van der Waals surface area (Å²) in [6, 6.07) is 9.26. The molecule has 0 spiro atoms. The Labute approximate surface area is 238 Å². The van der Waals surface area contributed by atoms with Crippen molar-refractivity contribution >= 4 is 52.1 Å². The van der Waals surface area contributed by atoms with Crippen molar-refractivity contribution in [1.82, 2.24) is 0 Å². The maximum absolute atomic E-state index is 12.5. The number of ether oxygens (including phenoxy) is 1. The van der Waals surface area contributed by atoms with E-state index in [1.54, 1.807) is 12.1 Å². The van der Waals surface area contributed by atoms with Crippen LogP contribution >= 0.6 is 46.1 Å². The molecule has 4 atom stereocenters. The number of benzene rings is 1. The third-order valence-electron chi connectivity index (χ3n) is 7.45. The van der Waals surface area contributed by atoms with E-state index in [1.165, 1.54) is 11.3 Å². The summed E-state index contributed by atoms with van der Waals surface area (Å²) in [4.78, 5) is 14.1. The highest BCUT2D eigenvalue weighted by molar-refractivity contribution is 7.13. The SMILES string of the molecule is CCCC(CO)(CO)COC(=O)c1ccc(CCCC2C(Cl)CC(O)C2CCc2cc(Cl)cc(Cl)c2)s1. The largest absolute Gasteiger partial charge is 0.461 e. The first-order chi connectivity index (χ1) is 17.7. The highest BCUT2D eigenvalue weighted by Gasteiger charge is 2.40. The minimum absolute atomic E-state index is 0.0101. The predicted molar refractivity (Wildman–Crippen MR) is 151 cm³/mol. The highest BCUT2D eigenvalue weighted by Crippen LogP contribution is 2.42. The summed E-state index contributed by atoms with van der Waals surface area (Å²) in [7, 11) is 0. The van der Waals surface area contributed by atoms with E-state index in [4.69, 9.17) is 39.5 Å². The summed E-state index contributed by atoms with van der Waals surface area (Å²) in [5, 5.41) is 31.2. The summed E-state index contributed by atoms with van der Waals surface area (Å²) in [6.45, 7) is 1.49. The first-order valence-corrected chi connectivity index (χ1v) is 15.0. The Balaban J connectivity index is 1.50. The number of carbonyl (C=O) groups is 1. The van der Waals surface area contributed by atoms with Crippen LogP contribution in [0.3, 0.4) is 0 Å². The van der Waals surface area contributed by atoms with Crippen LogP contribution in [0.1, 0.15) is 65.6 Å². The topological polar surface area (TPSA) is 87.0 Å². The average Bonchev–Trinajstić information content (AvgIpc) is 3.44. The smallest absolute Gasteiger partial charge is 0.348 e. The molecule has 9 heteroatoms. The van der Waals surface area contributed by atoms with Crippen molar-refractivity contribution in [3.63, 3.8) is 0 Å². The van der Waals surface area contributed by atoms with E-state index < -0.39 is 17.5 Å². The molecule has 0 radical (unpaired) electrons. The van der Waals surface area contributed by atoms with Gasteiger partial charge in [0, 0.05) is 20.3 Å². The van der Waals surface area contributed by atoms with Gasteiger partial charge in [0.2, 0.25) is 0 Å². The Bertz CT molecular complexity index is 989. The second-order valence-electron chi connectivity index (χ2n) is 10.3. The third kappa shape index (κ3) is 8.56. The summed E-state index contributed by atoms with van der Waals surface area (Å²) in [6.07, 6.45) is 5.77. The standard InChI is InChI=1S/C28H37Cl3O5S/c1-2-10-28(15-32,16-33)17-36-27(35)26-9-7-21(37-26)4-3-5-22-23(25(34)14-24(22)31)8-6-18-11-19(29)13-20(30)12-18/h7,9,11-13,22-25,32-34H,2-6,8,10,14-17H2,1H3. The third-order valence-corrected chi connectivity index (χ3v) is 9.51. The Hall–Kier alpha value is -0.860. The zero-order valence-electron chi connectivity index (χ0n) is 21.2. The molecule has 1 aliphatic rings. The number of rotatable bonds is 14. The van der Waals surface area contributed by atoms with Crippen LogP contribution in [-0.2, 0) is 17.6 Å². The van der Waals surface area contributed by atoms with Crippen LogP contribution in [0.5, 0.6) is 0 Å². The molecule has 3 N–H and O–H groups in total. The van der Waals surface area contributed by atoms with Gasteiger partial charge in [-0.3, -0.25) is 0 Å². The molecule has 1 heterocycles. The number of thiophene rings is 1. The normalized spacial score (nSPS) is 21.9. The molecule has 1 aliphatic carbocycles. The number of alkyl halides is 1. The summed E-state index contributed by atoms with van der Waals surface area (Å²) < 4.78 is 5.43. The monoisotopic (exact) mass is 590 g/mol. The van der Waals surface area contributed by atoms with Gasteiger partial charge >= 0.3 is 5.97 Å². The molecule has 1 aromatic heterocycles. The number of aliphatic hydroxyl groups excluding tert-OH is 3. The summed E-state index contributed by atoms with van der Waals surface area (Å²) in [5.74, 6) is -0.0884. The first-order valence-electron chi connectivity index (χ1n) is 12.9. The van der Waals surface area contributed by atoms with Gasteiger partial charge in [-0.25, -0.2) is 4.79 Å². The van der Waals surface area contributed by atoms with E-state index in [1.807, 2.05) is 25.1 Å². The van der Waals surface area contributed by atoms with Gasteiger partial charge in [-0.1, -0.05) is 36.5 Å². The Morgan fingerprint density at radius 2 is 1.78 bits per heavy atom. The predicted octanol–water partition coefficient (Wildman–Crippen LogP) is 6.54. The Morgan fingerprint density at radius 1 is 1.08 bits per heavy atom. The quantitative estimate of drug-likeness (QED) is 0.171. The molecule has 4 unspecified atom stereocenters. The Kier molecular flexibility index (Phi) is 12.0. The number of hydrogen-bond acceptors (Lipinski definition) is 6. The van der Waals surface area contributed by atoms with E-state index in [-0.39, 0.29) is 37.0 Å². The number of aliphatic hydroxyl groups is 3. The second-order valence-corrected chi connectivity index (χ2v) is 12.9. The van der Waals surface area contributed by atoms with Gasteiger partial charge in [0.1, 0.15) is 11.5 Å². The van der Waals surface area contributed by atoms with E-state index in [2.05, 4.69) is 0 Å². The first kappa shape index (κ1) is 30.7. The van der Waals surface area contributed by atoms with Gasteiger partial charge < -0.3 is 20.1 Å². The van der Waals surface area contributed by atoms with Crippen molar-refractivity contribution in [1.29, 1.82) is 0 Å². The van der Waals surface area contributed by atoms with Crippen molar-refractivity contribution in [2.45, 2.75) is 69.8 Å². The van der Waals surface area contributed by atoms with Crippen molar-refractivity contribution in [2.75, 3.05) is 19.8 Å². The van der Waals surface area contributed by atoms with Crippen LogP contribution in [-0.4, -0.2) is 52.6 Å². The number of carbonyl (C=O) groups excluding carboxylic acids is 1. The van der Waals surface area contributed by atoms with Crippen molar-refractivity contribution in [3.8, 4) is 0 Å². The number of halogens is 3. The van der Waals surface area contributed by atoms with Crippen LogP contribution in [0.15, 0.2) is 30.3 Å². The highest BCUT2D eigenvalue weighted by atomic mass is 35.5. The fourth-order valence-electron chi connectivity index (χ4n) is 5.35. The molecule has 1 saturated carbocycles. The summed E-state index contributed by atoms with van der Waals surface area (Å²) >= 11 is 20.3. The van der Waals surface area contributed by atoms with Crippen molar-refractivity contribution < 1.29 is 24.9 Å². The van der Waals surface area contributed by atoms with Gasteiger partial charge in [-0.05, 0) is 92.7 Å². The zero-order chi connectivity index (χ0) is 27.0. The van der Waals surface area contributed by atoms with Crippen LogP contribution in [0.4, 0.5) is 0 Å². The molecule has 3 rings (SSSR count). The molecular weight excluding hydrogens is 555 g/mol. The van der Waals surface area contributed by atoms with Gasteiger partial charge in [-0.2, -0.15) is 0 Å². The summed E-state index contributed by atoms with van der Waals surface area (Å²) in [5.41, 5.74) is 0.258. The average molecular weight is 592 g/mol. The number of esters is 1. The van der Waals surface area contributed by atoms with Crippen molar-refractivity contribution in [2.24, 2.45) is 17.3 Å². The molecule has 1 aromatic carbocycles. The molecule has 0 aliphatic heterocycles. The number of aryl methyl sites for hydroxylation is 2. The number of hydrogen-bond donors (Lipinski definition) is 3. The molecule has 37 heavy (non-hydrogen) atoms. The lowest BCUT2D eigenvalue weighted by Crippen LogP contribution is -2.35. The molecular formula is C28H37Cl3O5S. The van der Waals surface area contributed by atoms with Crippen LogP contribution in [0.25, 0.3) is 0 Å². The maximum Gasteiger partial charge on any atom is 0.348 e. The fraction of sp³-hybridized carbons (Fsp3) is 0.607. The van der Waals surface area contributed by atoms with Crippen molar-refractivity contribution in [3.05, 3.63) is 55.7 Å². The Morgan fingerprint density at radius 3 is 2.43 bits per heavy atom. The molecule has 206 valence electrons. The molecule has 0 saturated heterocycles. The maximum atomic E-state index is 12.5. The molecule has 0 bridgehead atoms. The molecule has 5 nitrogen and oxygen atoms in total. The molecule has 0 amide bonds. The van der Waals surface area contributed by atoms with Crippen LogP contribution in [0, 0.1) is 17.3 Å². The van der Waals surface area contributed by atoms with E-state index >= 15 is 0 Å². The van der Waals surface area contributed by atoms with Crippen LogP contribution < -0.4 is 0 Å². The lowest BCUT2D eigenvalue weighted by Gasteiger charge is -2.28. The van der Waals surface area contributed by atoms with Gasteiger partial charge in [0.05, 0.1) is 24.7 Å². The minimum Gasteiger partial charge on any atom is -0.461 e. The molecule has 1 fully saturated rings. The van der Waals surface area contributed by atoms with E-state index in [0.717, 1.165) is 49.0 Å². The van der Waals surface area contributed by atoms with Gasteiger partial charge in [0.15, 0.2) is 0 Å². The van der Waals surface area contributed by atoms with Gasteiger partial charge in [0.25, 0.3) is 0 Å². The minimum atomic E-state index is -0.802. The van der Waals surface area contributed by atoms with Crippen LogP contribution in [0.2, 0.25) is 10.0 Å². The lowest BCUT2D eigenvalue weighted by molar-refractivity contribution is -0.0202. The fourth-order valence-corrected chi connectivity index (χ4v) is 7.36. The lowest BCUT2D eigenvalue weighted by atomic mass is 9.85. The van der Waals surface area contributed by atoms with E-state index in [9.17, 15) is 20.1 Å². The second kappa shape index (κ2) is 14.5. The molecule has 2 aromatic rings. The van der Waals surface area contributed by atoms with Gasteiger partial charge in [-0.15, -0.1) is 22.9 Å². The zero-order valence-corrected chi connectivity index (χ0v) is 24.3.